The molecule has 6 nitrogen and oxygen atoms in total. The number of unbranched alkanes of at least 4 members (excludes halogenated alkanes) is 37. The molecule has 0 heterocycles. The van der Waals surface area contributed by atoms with Gasteiger partial charge < -0.3 is 20.3 Å². The van der Waals surface area contributed by atoms with Crippen LogP contribution in [0.2, 0.25) is 0 Å². The molecule has 0 radical (unpaired) electrons. The minimum absolute atomic E-state index is 0.00574. The first-order chi connectivity index (χ1) is 31.0. The molecule has 0 aliphatic carbocycles. The molecule has 6 heteroatoms. The van der Waals surface area contributed by atoms with E-state index in [1.54, 1.807) is 0 Å². The Hall–Kier alpha value is -1.66. The monoisotopic (exact) mass is 888 g/mol. The molecular weight excluding hydrogens is 779 g/mol. The lowest BCUT2D eigenvalue weighted by atomic mass is 10.0. The van der Waals surface area contributed by atoms with Gasteiger partial charge in [0.15, 0.2) is 0 Å². The van der Waals surface area contributed by atoms with Gasteiger partial charge in [-0.3, -0.25) is 9.59 Å². The number of esters is 1. The molecule has 372 valence electrons. The molecule has 2 unspecified atom stereocenters. The van der Waals surface area contributed by atoms with Crippen LogP contribution in [0.5, 0.6) is 0 Å². The lowest BCUT2D eigenvalue weighted by molar-refractivity contribution is -0.143. The quantitative estimate of drug-likeness (QED) is 0.0321. The van der Waals surface area contributed by atoms with Crippen LogP contribution < -0.4 is 5.32 Å². The van der Waals surface area contributed by atoms with Crippen molar-refractivity contribution >= 4 is 11.9 Å². The summed E-state index contributed by atoms with van der Waals surface area (Å²) in [4.78, 5) is 24.5. The van der Waals surface area contributed by atoms with E-state index < -0.39 is 12.1 Å². The Labute approximate surface area is 392 Å². The average molecular weight is 889 g/mol. The van der Waals surface area contributed by atoms with E-state index in [1.165, 1.54) is 212 Å². The molecule has 63 heavy (non-hydrogen) atoms. The Bertz CT molecular complexity index is 982. The average Bonchev–Trinajstić information content (AvgIpc) is 3.28. The summed E-state index contributed by atoms with van der Waals surface area (Å²) in [5, 5.41) is 23.2. The van der Waals surface area contributed by atoms with Gasteiger partial charge in [0.05, 0.1) is 25.4 Å². The number of ether oxygens (including phenoxy) is 1. The molecular formula is C57H109NO5. The third-order valence-corrected chi connectivity index (χ3v) is 13.0. The van der Waals surface area contributed by atoms with Gasteiger partial charge in [0.25, 0.3) is 0 Å². The van der Waals surface area contributed by atoms with Crippen LogP contribution in [0.4, 0.5) is 0 Å². The molecule has 0 bridgehead atoms. The highest BCUT2D eigenvalue weighted by Gasteiger charge is 2.20. The minimum Gasteiger partial charge on any atom is -0.466 e. The molecule has 0 aromatic carbocycles. The van der Waals surface area contributed by atoms with Gasteiger partial charge in [-0.05, 0) is 57.8 Å². The Morgan fingerprint density at radius 2 is 0.794 bits per heavy atom. The lowest BCUT2D eigenvalue weighted by Gasteiger charge is -2.22. The van der Waals surface area contributed by atoms with Crippen LogP contribution in [0.25, 0.3) is 0 Å². The maximum atomic E-state index is 12.4. The zero-order valence-corrected chi connectivity index (χ0v) is 42.3. The normalized spacial score (nSPS) is 12.8. The van der Waals surface area contributed by atoms with Gasteiger partial charge in [0, 0.05) is 12.8 Å². The molecule has 0 aliphatic rings. The number of amides is 1. The number of allylic oxidation sites excluding steroid dienone is 4. The predicted molar refractivity (Wildman–Crippen MR) is 273 cm³/mol. The van der Waals surface area contributed by atoms with Crippen LogP contribution in [-0.2, 0) is 14.3 Å². The molecule has 0 aliphatic heterocycles. The van der Waals surface area contributed by atoms with Crippen LogP contribution in [0.3, 0.4) is 0 Å². The van der Waals surface area contributed by atoms with Gasteiger partial charge in [-0.1, -0.05) is 256 Å². The Balaban J connectivity index is 3.42. The van der Waals surface area contributed by atoms with E-state index in [0.29, 0.717) is 25.9 Å². The smallest absolute Gasteiger partial charge is 0.305 e. The first-order valence-electron chi connectivity index (χ1n) is 28.1. The standard InChI is InChI=1S/C57H109NO5/c1-3-5-7-9-11-13-15-17-18-19-20-21-22-27-31-35-39-43-47-51-57(62)63-52-48-44-40-36-32-28-24-23-26-30-34-38-42-46-50-56(61)58-54(53-59)55(60)49-45-41-37-33-29-25-16-14-12-10-8-6-4-2/h11,13,17-18,54-55,59-60H,3-10,12,14-16,19-53H2,1-2H3,(H,58,61)/b13-11-,18-17-. The van der Waals surface area contributed by atoms with Gasteiger partial charge in [-0.25, -0.2) is 0 Å². The number of carbonyl (C=O) groups excluding carboxylic acids is 2. The molecule has 0 rings (SSSR count). The SMILES string of the molecule is CCCCC/C=C\C/C=C\CCCCCCCCCCCC(=O)OCCCCCCCCCCCCCCCCC(=O)NC(CO)C(O)CCCCCCCCCCCCCCC. The summed E-state index contributed by atoms with van der Waals surface area (Å²) in [6.45, 7) is 4.91. The van der Waals surface area contributed by atoms with Crippen LogP contribution in [0, 0.1) is 0 Å². The summed E-state index contributed by atoms with van der Waals surface area (Å²) in [6.07, 6.45) is 63.0. The number of nitrogens with one attached hydrogen (secondary N) is 1. The van der Waals surface area contributed by atoms with E-state index in [0.717, 1.165) is 57.8 Å². The highest BCUT2D eigenvalue weighted by molar-refractivity contribution is 5.76. The highest BCUT2D eigenvalue weighted by atomic mass is 16.5. The lowest BCUT2D eigenvalue weighted by Crippen LogP contribution is -2.45. The molecule has 0 aromatic rings. The molecule has 0 aromatic heterocycles. The number of carbonyl (C=O) groups is 2. The largest absolute Gasteiger partial charge is 0.466 e. The predicted octanol–water partition coefficient (Wildman–Crippen LogP) is 17.1. The fourth-order valence-electron chi connectivity index (χ4n) is 8.67. The minimum atomic E-state index is -0.670. The van der Waals surface area contributed by atoms with Crippen molar-refractivity contribution in [3.8, 4) is 0 Å². The molecule has 0 saturated heterocycles. The van der Waals surface area contributed by atoms with Crippen LogP contribution in [0.1, 0.15) is 303 Å². The molecule has 3 N–H and O–H groups in total. The first-order valence-corrected chi connectivity index (χ1v) is 28.1. The summed E-state index contributed by atoms with van der Waals surface area (Å²) in [6, 6.07) is -0.549. The van der Waals surface area contributed by atoms with E-state index in [1.807, 2.05) is 0 Å². The Kier molecular flexibility index (Phi) is 51.6. The summed E-state index contributed by atoms with van der Waals surface area (Å²) >= 11 is 0. The van der Waals surface area contributed by atoms with Crippen molar-refractivity contribution in [1.82, 2.24) is 5.32 Å². The van der Waals surface area contributed by atoms with Gasteiger partial charge in [0.1, 0.15) is 0 Å². The maximum Gasteiger partial charge on any atom is 0.305 e. The second-order valence-corrected chi connectivity index (χ2v) is 19.3. The number of hydrogen-bond donors (Lipinski definition) is 3. The number of rotatable bonds is 52. The summed E-state index contributed by atoms with van der Waals surface area (Å²) < 4.78 is 5.48. The summed E-state index contributed by atoms with van der Waals surface area (Å²) in [7, 11) is 0. The van der Waals surface area contributed by atoms with E-state index in [2.05, 4.69) is 43.5 Å². The second kappa shape index (κ2) is 53.0. The Morgan fingerprint density at radius 3 is 1.24 bits per heavy atom. The fraction of sp³-hybridized carbons (Fsp3) is 0.895. The number of aliphatic hydroxyl groups is 2. The Morgan fingerprint density at radius 1 is 0.444 bits per heavy atom. The second-order valence-electron chi connectivity index (χ2n) is 19.3. The fourth-order valence-corrected chi connectivity index (χ4v) is 8.67. The molecule has 0 spiro atoms. The summed E-state index contributed by atoms with van der Waals surface area (Å²) in [5.74, 6) is -0.0509. The van der Waals surface area contributed by atoms with Crippen molar-refractivity contribution in [2.45, 2.75) is 315 Å². The number of hydrogen-bond acceptors (Lipinski definition) is 5. The van der Waals surface area contributed by atoms with Crippen molar-refractivity contribution in [2.24, 2.45) is 0 Å². The van der Waals surface area contributed by atoms with Crippen molar-refractivity contribution in [3.63, 3.8) is 0 Å². The van der Waals surface area contributed by atoms with E-state index in [-0.39, 0.29) is 18.5 Å². The highest BCUT2D eigenvalue weighted by Crippen LogP contribution is 2.17. The first kappa shape index (κ1) is 61.3. The molecule has 1 amide bonds. The molecule has 0 fully saturated rings. The number of aliphatic hydroxyl groups excluding tert-OH is 2. The van der Waals surface area contributed by atoms with E-state index in [9.17, 15) is 19.8 Å². The van der Waals surface area contributed by atoms with Crippen molar-refractivity contribution in [3.05, 3.63) is 24.3 Å². The van der Waals surface area contributed by atoms with Crippen LogP contribution >= 0.6 is 0 Å². The van der Waals surface area contributed by atoms with E-state index >= 15 is 0 Å². The van der Waals surface area contributed by atoms with Crippen LogP contribution in [-0.4, -0.2) is 47.4 Å². The zero-order valence-electron chi connectivity index (χ0n) is 42.3. The third-order valence-electron chi connectivity index (χ3n) is 13.0. The van der Waals surface area contributed by atoms with Gasteiger partial charge in [-0.15, -0.1) is 0 Å². The van der Waals surface area contributed by atoms with Gasteiger partial charge in [-0.2, -0.15) is 0 Å². The zero-order chi connectivity index (χ0) is 45.8. The summed E-state index contributed by atoms with van der Waals surface area (Å²) in [5.41, 5.74) is 0. The van der Waals surface area contributed by atoms with Gasteiger partial charge in [0.2, 0.25) is 5.91 Å². The van der Waals surface area contributed by atoms with Crippen molar-refractivity contribution in [1.29, 1.82) is 0 Å². The molecule has 2 atom stereocenters. The van der Waals surface area contributed by atoms with Crippen molar-refractivity contribution < 1.29 is 24.5 Å². The van der Waals surface area contributed by atoms with Crippen molar-refractivity contribution in [2.75, 3.05) is 13.2 Å². The van der Waals surface area contributed by atoms with Gasteiger partial charge >= 0.3 is 5.97 Å². The maximum absolute atomic E-state index is 12.4. The topological polar surface area (TPSA) is 95.9 Å². The van der Waals surface area contributed by atoms with Crippen LogP contribution in [0.15, 0.2) is 24.3 Å². The van der Waals surface area contributed by atoms with E-state index in [4.69, 9.17) is 4.74 Å². The molecule has 0 saturated carbocycles. The third kappa shape index (κ3) is 49.6.